The van der Waals surface area contributed by atoms with Gasteiger partial charge in [0.05, 0.1) is 6.61 Å². The predicted octanol–water partition coefficient (Wildman–Crippen LogP) is 0.272. The molecule has 0 radical (unpaired) electrons. The molecule has 0 aliphatic heterocycles. The van der Waals surface area contributed by atoms with Gasteiger partial charge in [0, 0.05) is 0 Å². The normalized spacial score (nSPS) is 18.9. The van der Waals surface area contributed by atoms with Crippen molar-refractivity contribution in [3.8, 4) is 0 Å². The number of rotatable bonds is 6. The lowest BCUT2D eigenvalue weighted by atomic mass is 10.7. The van der Waals surface area contributed by atoms with Gasteiger partial charge in [-0.15, -0.1) is 3.97 Å². The van der Waals surface area contributed by atoms with E-state index in [0.717, 1.165) is 0 Å². The SMILES string of the molecule is CCOP(=O)(OC(C)N)OS(=O)(=O)O. The Bertz CT molecular complexity index is 312. The van der Waals surface area contributed by atoms with Crippen LogP contribution < -0.4 is 5.73 Å². The maximum Gasteiger partial charge on any atom is 0.492 e. The van der Waals surface area contributed by atoms with Gasteiger partial charge in [0.2, 0.25) is 0 Å². The fourth-order valence-corrected chi connectivity index (χ4v) is 2.57. The molecule has 0 amide bonds. The first kappa shape index (κ1) is 14.0. The molecule has 2 atom stereocenters. The van der Waals surface area contributed by atoms with Crippen LogP contribution in [0.4, 0.5) is 0 Å². The van der Waals surface area contributed by atoms with Gasteiger partial charge in [0.1, 0.15) is 6.23 Å². The zero-order valence-corrected chi connectivity index (χ0v) is 9.32. The third-order valence-electron chi connectivity index (χ3n) is 0.768. The van der Waals surface area contributed by atoms with Gasteiger partial charge in [-0.25, -0.2) is 4.57 Å². The Kier molecular flexibility index (Phi) is 5.16. The summed E-state index contributed by atoms with van der Waals surface area (Å²) < 4.78 is 52.7. The summed E-state index contributed by atoms with van der Waals surface area (Å²) in [5, 5.41) is 0. The van der Waals surface area contributed by atoms with Crippen molar-refractivity contribution in [1.29, 1.82) is 0 Å². The van der Waals surface area contributed by atoms with E-state index in [0.29, 0.717) is 0 Å². The van der Waals surface area contributed by atoms with Crippen molar-refractivity contribution >= 4 is 18.2 Å². The summed E-state index contributed by atoms with van der Waals surface area (Å²) in [6, 6.07) is 0. The van der Waals surface area contributed by atoms with Crippen LogP contribution >= 0.6 is 7.82 Å². The van der Waals surface area contributed by atoms with E-state index in [-0.39, 0.29) is 6.61 Å². The Morgan fingerprint density at radius 1 is 1.57 bits per heavy atom. The number of hydrogen-bond acceptors (Lipinski definition) is 7. The number of phosphoric ester groups is 1. The molecule has 0 aliphatic rings. The third-order valence-corrected chi connectivity index (χ3v) is 3.42. The number of phosphoric acid groups is 1. The van der Waals surface area contributed by atoms with E-state index >= 15 is 0 Å². The maximum atomic E-state index is 11.4. The van der Waals surface area contributed by atoms with Gasteiger partial charge in [-0.05, 0) is 13.8 Å². The molecule has 0 aromatic rings. The molecule has 0 aromatic heterocycles. The minimum atomic E-state index is -4.92. The molecular weight excluding hydrogens is 237 g/mol. The van der Waals surface area contributed by atoms with Gasteiger partial charge in [-0.1, -0.05) is 0 Å². The second kappa shape index (κ2) is 5.17. The Labute approximate surface area is 81.9 Å². The minimum Gasteiger partial charge on any atom is -0.306 e. The molecule has 0 saturated carbocycles. The van der Waals surface area contributed by atoms with Crippen molar-refractivity contribution in [3.63, 3.8) is 0 Å². The third kappa shape index (κ3) is 6.44. The van der Waals surface area contributed by atoms with E-state index in [1.54, 1.807) is 0 Å². The average Bonchev–Trinajstić information content (AvgIpc) is 1.78. The molecule has 10 heteroatoms. The van der Waals surface area contributed by atoms with Crippen LogP contribution in [0, 0.1) is 0 Å². The smallest absolute Gasteiger partial charge is 0.306 e. The fraction of sp³-hybridized carbons (Fsp3) is 1.00. The first-order valence-corrected chi connectivity index (χ1v) is 6.38. The second-order valence-electron chi connectivity index (χ2n) is 2.18. The Balaban J connectivity index is 4.65. The summed E-state index contributed by atoms with van der Waals surface area (Å²) in [5.74, 6) is 0. The van der Waals surface area contributed by atoms with Crippen LogP contribution in [0.1, 0.15) is 13.8 Å². The lowest BCUT2D eigenvalue weighted by Crippen LogP contribution is -2.20. The van der Waals surface area contributed by atoms with E-state index in [1.807, 2.05) is 0 Å². The molecule has 0 aliphatic carbocycles. The first-order chi connectivity index (χ1) is 6.18. The Morgan fingerprint density at radius 2 is 2.07 bits per heavy atom. The first-order valence-electron chi connectivity index (χ1n) is 3.56. The summed E-state index contributed by atoms with van der Waals surface area (Å²) in [7, 11) is -9.28. The lowest BCUT2D eigenvalue weighted by molar-refractivity contribution is 0.123. The quantitative estimate of drug-likeness (QED) is 0.390. The number of nitrogens with two attached hydrogens (primary N) is 1. The molecule has 2 unspecified atom stereocenters. The van der Waals surface area contributed by atoms with E-state index in [4.69, 9.17) is 10.3 Å². The highest BCUT2D eigenvalue weighted by atomic mass is 32.3. The van der Waals surface area contributed by atoms with Crippen LogP contribution in [0.3, 0.4) is 0 Å². The van der Waals surface area contributed by atoms with Gasteiger partial charge in [0.15, 0.2) is 0 Å². The van der Waals surface area contributed by atoms with Crippen LogP contribution in [0.2, 0.25) is 0 Å². The van der Waals surface area contributed by atoms with E-state index in [9.17, 15) is 13.0 Å². The van der Waals surface area contributed by atoms with E-state index in [2.05, 4.69) is 13.0 Å². The topological polar surface area (TPSA) is 125 Å². The summed E-state index contributed by atoms with van der Waals surface area (Å²) in [6.07, 6.45) is -1.06. The molecule has 0 heterocycles. The van der Waals surface area contributed by atoms with Crippen LogP contribution in [-0.4, -0.2) is 25.8 Å². The molecule has 0 saturated heterocycles. The monoisotopic (exact) mass is 249 g/mol. The van der Waals surface area contributed by atoms with Gasteiger partial charge in [-0.2, -0.15) is 8.42 Å². The molecule has 3 N–H and O–H groups in total. The Morgan fingerprint density at radius 3 is 2.36 bits per heavy atom. The van der Waals surface area contributed by atoms with Gasteiger partial charge in [0.25, 0.3) is 0 Å². The highest BCUT2D eigenvalue weighted by molar-refractivity contribution is 7.85. The van der Waals surface area contributed by atoms with E-state index in [1.165, 1.54) is 13.8 Å². The van der Waals surface area contributed by atoms with Crippen molar-refractivity contribution < 1.29 is 30.6 Å². The van der Waals surface area contributed by atoms with Crippen molar-refractivity contribution in [2.45, 2.75) is 20.1 Å². The second-order valence-corrected chi connectivity index (χ2v) is 4.99. The molecule has 0 fully saturated rings. The zero-order chi connectivity index (χ0) is 11.4. The van der Waals surface area contributed by atoms with Crippen molar-refractivity contribution in [2.75, 3.05) is 6.61 Å². The molecule has 0 spiro atoms. The van der Waals surface area contributed by atoms with Gasteiger partial charge < -0.3 is 5.73 Å². The molecule has 14 heavy (non-hydrogen) atoms. The summed E-state index contributed by atoms with van der Waals surface area (Å²) in [6.45, 7) is 2.60. The maximum absolute atomic E-state index is 11.4. The zero-order valence-electron chi connectivity index (χ0n) is 7.61. The molecule has 0 aromatic carbocycles. The van der Waals surface area contributed by atoms with Crippen molar-refractivity contribution in [1.82, 2.24) is 0 Å². The van der Waals surface area contributed by atoms with Crippen LogP contribution in [0.25, 0.3) is 0 Å². The molecule has 86 valence electrons. The molecule has 0 bridgehead atoms. The standard InChI is InChI=1S/C4H12NO7PS/c1-3-10-13(6,11-4(2)5)12-14(7,8)9/h4H,3,5H2,1-2H3,(H,7,8,9). The van der Waals surface area contributed by atoms with Gasteiger partial charge >= 0.3 is 18.2 Å². The summed E-state index contributed by atoms with van der Waals surface area (Å²) >= 11 is 0. The van der Waals surface area contributed by atoms with Crippen LogP contribution in [0.5, 0.6) is 0 Å². The summed E-state index contributed by atoms with van der Waals surface area (Å²) in [5.41, 5.74) is 5.10. The molecular formula is C4H12NO7PS. The average molecular weight is 249 g/mol. The minimum absolute atomic E-state index is 0.125. The fourth-order valence-electron chi connectivity index (χ4n) is 0.547. The van der Waals surface area contributed by atoms with Gasteiger partial charge in [-0.3, -0.25) is 13.6 Å². The van der Waals surface area contributed by atoms with Crippen LogP contribution in [0.15, 0.2) is 0 Å². The van der Waals surface area contributed by atoms with Crippen molar-refractivity contribution in [3.05, 3.63) is 0 Å². The Hall–Kier alpha value is -0.0200. The van der Waals surface area contributed by atoms with Crippen molar-refractivity contribution in [2.24, 2.45) is 5.73 Å². The highest BCUT2D eigenvalue weighted by Crippen LogP contribution is 2.51. The number of hydrogen-bond donors (Lipinski definition) is 2. The highest BCUT2D eigenvalue weighted by Gasteiger charge is 2.33. The molecule has 8 nitrogen and oxygen atoms in total. The van der Waals surface area contributed by atoms with Crippen LogP contribution in [-0.2, 0) is 28.0 Å². The lowest BCUT2D eigenvalue weighted by Gasteiger charge is -2.16. The molecule has 0 rings (SSSR count). The van der Waals surface area contributed by atoms with E-state index < -0.39 is 24.4 Å². The predicted molar refractivity (Wildman–Crippen MR) is 46.6 cm³/mol. The summed E-state index contributed by atoms with van der Waals surface area (Å²) in [4.78, 5) is 0. The largest absolute Gasteiger partial charge is 0.492 e.